The van der Waals surface area contributed by atoms with Crippen molar-refractivity contribution in [1.82, 2.24) is 4.98 Å². The Morgan fingerprint density at radius 2 is 1.84 bits per heavy atom. The molecule has 0 bridgehead atoms. The van der Waals surface area contributed by atoms with E-state index in [0.29, 0.717) is 4.88 Å². The molecular formula is C15H18N2OS. The van der Waals surface area contributed by atoms with E-state index in [2.05, 4.69) is 31.1 Å². The zero-order chi connectivity index (χ0) is 14.0. The Labute approximate surface area is 117 Å². The molecule has 2 rings (SSSR count). The average molecular weight is 274 g/mol. The molecule has 1 aromatic carbocycles. The highest BCUT2D eigenvalue weighted by Gasteiger charge is 2.14. The summed E-state index contributed by atoms with van der Waals surface area (Å²) in [6.45, 7) is 8.39. The summed E-state index contributed by atoms with van der Waals surface area (Å²) in [7, 11) is 0. The van der Waals surface area contributed by atoms with E-state index < -0.39 is 0 Å². The van der Waals surface area contributed by atoms with Crippen molar-refractivity contribution in [1.29, 1.82) is 0 Å². The lowest BCUT2D eigenvalue weighted by molar-refractivity contribution is 0.103. The molecule has 0 saturated carbocycles. The highest BCUT2D eigenvalue weighted by atomic mass is 32.1. The topological polar surface area (TPSA) is 42.0 Å². The predicted octanol–water partition coefficient (Wildman–Crippen LogP) is 4.00. The van der Waals surface area contributed by atoms with E-state index in [-0.39, 0.29) is 11.3 Å². The van der Waals surface area contributed by atoms with Crippen LogP contribution in [0.4, 0.5) is 5.69 Å². The number of hydrogen-bond donors (Lipinski definition) is 1. The number of aryl methyl sites for hydroxylation is 1. The number of anilines is 1. The van der Waals surface area contributed by atoms with E-state index in [0.717, 1.165) is 10.7 Å². The third-order valence-corrected chi connectivity index (χ3v) is 3.77. The maximum Gasteiger partial charge on any atom is 0.267 e. The molecule has 0 radical (unpaired) electrons. The fourth-order valence-corrected chi connectivity index (χ4v) is 2.39. The Hall–Kier alpha value is -1.68. The second-order valence-corrected chi connectivity index (χ2v) is 6.76. The number of nitrogens with one attached hydrogen (secondary N) is 1. The van der Waals surface area contributed by atoms with E-state index in [9.17, 15) is 4.79 Å². The summed E-state index contributed by atoms with van der Waals surface area (Å²) in [6, 6.07) is 7.97. The van der Waals surface area contributed by atoms with Gasteiger partial charge in [0.05, 0.1) is 11.2 Å². The van der Waals surface area contributed by atoms with Crippen LogP contribution in [0.2, 0.25) is 0 Å². The van der Waals surface area contributed by atoms with Crippen molar-refractivity contribution < 1.29 is 4.79 Å². The van der Waals surface area contributed by atoms with Gasteiger partial charge in [-0.15, -0.1) is 11.3 Å². The van der Waals surface area contributed by atoms with Crippen LogP contribution >= 0.6 is 11.3 Å². The number of thiazole rings is 1. The van der Waals surface area contributed by atoms with Crippen LogP contribution in [-0.2, 0) is 5.41 Å². The Bertz CT molecular complexity index is 579. The number of hydrogen-bond acceptors (Lipinski definition) is 3. The molecule has 0 atom stereocenters. The molecular weight excluding hydrogens is 256 g/mol. The van der Waals surface area contributed by atoms with Gasteiger partial charge in [0.2, 0.25) is 0 Å². The fraction of sp³-hybridized carbons (Fsp3) is 0.333. The van der Waals surface area contributed by atoms with E-state index in [1.807, 2.05) is 31.2 Å². The van der Waals surface area contributed by atoms with Crippen molar-refractivity contribution in [3.8, 4) is 0 Å². The summed E-state index contributed by atoms with van der Waals surface area (Å²) in [6.07, 6.45) is 1.61. The van der Waals surface area contributed by atoms with Crippen LogP contribution in [0, 0.1) is 6.92 Å². The third-order valence-electron chi connectivity index (χ3n) is 2.85. The van der Waals surface area contributed by atoms with Crippen LogP contribution in [0.15, 0.2) is 30.5 Å². The van der Waals surface area contributed by atoms with E-state index in [1.54, 1.807) is 6.20 Å². The smallest absolute Gasteiger partial charge is 0.267 e. The van der Waals surface area contributed by atoms with Gasteiger partial charge in [0.25, 0.3) is 5.91 Å². The van der Waals surface area contributed by atoms with Crippen LogP contribution in [0.3, 0.4) is 0 Å². The second-order valence-electron chi connectivity index (χ2n) is 5.53. The predicted molar refractivity (Wildman–Crippen MR) is 79.9 cm³/mol. The van der Waals surface area contributed by atoms with Crippen molar-refractivity contribution in [2.75, 3.05) is 5.32 Å². The van der Waals surface area contributed by atoms with Gasteiger partial charge in [-0.3, -0.25) is 4.79 Å². The molecule has 1 N–H and O–H groups in total. The largest absolute Gasteiger partial charge is 0.321 e. The minimum Gasteiger partial charge on any atom is -0.321 e. The molecule has 0 aliphatic carbocycles. The van der Waals surface area contributed by atoms with E-state index >= 15 is 0 Å². The summed E-state index contributed by atoms with van der Waals surface area (Å²) in [5.74, 6) is -0.103. The van der Waals surface area contributed by atoms with Crippen LogP contribution in [-0.4, -0.2) is 10.9 Å². The Balaban J connectivity index is 2.10. The Morgan fingerprint density at radius 3 is 2.32 bits per heavy atom. The molecule has 3 nitrogen and oxygen atoms in total. The molecule has 0 fully saturated rings. The standard InChI is InChI=1S/C15H18N2OS/c1-10-16-9-13(19-10)14(18)17-12-7-5-11(6-8-12)15(2,3)4/h5-9H,1-4H3,(H,17,18). The lowest BCUT2D eigenvalue weighted by Crippen LogP contribution is -2.12. The molecule has 0 spiro atoms. The number of aromatic nitrogens is 1. The summed E-state index contributed by atoms with van der Waals surface area (Å²) in [5.41, 5.74) is 2.18. The average Bonchev–Trinajstić information content (AvgIpc) is 2.75. The van der Waals surface area contributed by atoms with Gasteiger partial charge in [-0.05, 0) is 30.0 Å². The maximum atomic E-state index is 12.0. The van der Waals surface area contributed by atoms with Gasteiger partial charge in [0.1, 0.15) is 4.88 Å². The van der Waals surface area contributed by atoms with Crippen LogP contribution in [0.5, 0.6) is 0 Å². The van der Waals surface area contributed by atoms with Gasteiger partial charge in [-0.2, -0.15) is 0 Å². The van der Waals surface area contributed by atoms with Crippen molar-refractivity contribution >= 4 is 22.9 Å². The Morgan fingerprint density at radius 1 is 1.21 bits per heavy atom. The zero-order valence-corrected chi connectivity index (χ0v) is 12.5. The summed E-state index contributed by atoms with van der Waals surface area (Å²) >= 11 is 1.40. The molecule has 1 aromatic heterocycles. The number of amides is 1. The van der Waals surface area contributed by atoms with Gasteiger partial charge < -0.3 is 5.32 Å². The quantitative estimate of drug-likeness (QED) is 0.899. The zero-order valence-electron chi connectivity index (χ0n) is 11.7. The minimum absolute atomic E-state index is 0.103. The molecule has 0 unspecified atom stereocenters. The first kappa shape index (κ1) is 13.7. The van der Waals surface area contributed by atoms with Crippen LogP contribution in [0.25, 0.3) is 0 Å². The third kappa shape index (κ3) is 3.41. The molecule has 100 valence electrons. The molecule has 2 aromatic rings. The summed E-state index contributed by atoms with van der Waals surface area (Å²) in [5, 5.41) is 3.78. The minimum atomic E-state index is -0.103. The van der Waals surface area contributed by atoms with Gasteiger partial charge in [0, 0.05) is 5.69 Å². The molecule has 0 aliphatic heterocycles. The van der Waals surface area contributed by atoms with E-state index in [4.69, 9.17) is 0 Å². The molecule has 19 heavy (non-hydrogen) atoms. The number of rotatable bonds is 2. The van der Waals surface area contributed by atoms with E-state index in [1.165, 1.54) is 16.9 Å². The first-order valence-electron chi connectivity index (χ1n) is 6.20. The molecule has 4 heteroatoms. The summed E-state index contributed by atoms with van der Waals surface area (Å²) < 4.78 is 0. The normalized spacial score (nSPS) is 11.4. The molecule has 0 saturated heterocycles. The molecule has 0 aliphatic rings. The van der Waals surface area contributed by atoms with Gasteiger partial charge in [0.15, 0.2) is 0 Å². The lowest BCUT2D eigenvalue weighted by atomic mass is 9.87. The second kappa shape index (κ2) is 5.13. The van der Waals surface area contributed by atoms with Crippen LogP contribution < -0.4 is 5.32 Å². The Kier molecular flexibility index (Phi) is 3.71. The maximum absolute atomic E-state index is 12.0. The number of carbonyl (C=O) groups excluding carboxylic acids is 1. The van der Waals surface area contributed by atoms with Crippen molar-refractivity contribution in [3.63, 3.8) is 0 Å². The van der Waals surface area contributed by atoms with Gasteiger partial charge >= 0.3 is 0 Å². The highest BCUT2D eigenvalue weighted by molar-refractivity contribution is 7.13. The number of nitrogens with zero attached hydrogens (tertiary/aromatic N) is 1. The first-order valence-corrected chi connectivity index (χ1v) is 7.02. The summed E-state index contributed by atoms with van der Waals surface area (Å²) in [4.78, 5) is 16.7. The highest BCUT2D eigenvalue weighted by Crippen LogP contribution is 2.24. The lowest BCUT2D eigenvalue weighted by Gasteiger charge is -2.19. The van der Waals surface area contributed by atoms with Crippen molar-refractivity contribution in [2.24, 2.45) is 0 Å². The number of carbonyl (C=O) groups is 1. The van der Waals surface area contributed by atoms with Crippen molar-refractivity contribution in [3.05, 3.63) is 45.9 Å². The fourth-order valence-electron chi connectivity index (χ4n) is 1.71. The molecule has 1 amide bonds. The van der Waals surface area contributed by atoms with Crippen LogP contribution in [0.1, 0.15) is 41.0 Å². The number of benzene rings is 1. The van der Waals surface area contributed by atoms with Gasteiger partial charge in [-0.1, -0.05) is 32.9 Å². The van der Waals surface area contributed by atoms with Gasteiger partial charge in [-0.25, -0.2) is 4.98 Å². The first-order chi connectivity index (χ1) is 8.86. The monoisotopic (exact) mass is 274 g/mol. The molecule has 1 heterocycles. The van der Waals surface area contributed by atoms with Crippen molar-refractivity contribution in [2.45, 2.75) is 33.1 Å². The SMILES string of the molecule is Cc1ncc(C(=O)Nc2ccc(C(C)(C)C)cc2)s1.